The molecule has 0 aliphatic carbocycles. The van der Waals surface area contributed by atoms with Crippen molar-refractivity contribution in [3.8, 4) is 0 Å². The third-order valence-electron chi connectivity index (χ3n) is 3.91. The third kappa shape index (κ3) is 10.3. The molecule has 0 saturated carbocycles. The van der Waals surface area contributed by atoms with Crippen molar-refractivity contribution in [2.45, 2.75) is 39.5 Å². The zero-order valence-electron chi connectivity index (χ0n) is 13.8. The number of piperazine rings is 1. The van der Waals surface area contributed by atoms with Gasteiger partial charge in [0.25, 0.3) is 0 Å². The maximum atomic E-state index is 5.79. The Morgan fingerprint density at radius 3 is 2.33 bits per heavy atom. The Hall–Kier alpha value is -0.0800. The summed E-state index contributed by atoms with van der Waals surface area (Å²) in [7, 11) is 0. The van der Waals surface area contributed by atoms with Crippen LogP contribution in [0.3, 0.4) is 0 Å². The summed E-state index contributed by atoms with van der Waals surface area (Å²) in [5.41, 5.74) is 5.79. The average molecular weight is 411 g/mol. The number of rotatable bonds is 9. The molecule has 0 aromatic carbocycles. The Kier molecular flexibility index (Phi) is 13.5. The lowest BCUT2D eigenvalue weighted by atomic mass is 10.2. The lowest BCUT2D eigenvalue weighted by Crippen LogP contribution is -2.46. The van der Waals surface area contributed by atoms with Gasteiger partial charge in [-0.3, -0.25) is 4.99 Å². The van der Waals surface area contributed by atoms with E-state index in [4.69, 9.17) is 5.73 Å². The second-order valence-electron chi connectivity index (χ2n) is 5.53. The van der Waals surface area contributed by atoms with E-state index in [0.717, 1.165) is 25.9 Å². The van der Waals surface area contributed by atoms with Crippen LogP contribution in [0.1, 0.15) is 39.5 Å². The van der Waals surface area contributed by atoms with Gasteiger partial charge in [-0.1, -0.05) is 20.3 Å². The van der Waals surface area contributed by atoms with Gasteiger partial charge in [-0.15, -0.1) is 24.0 Å². The van der Waals surface area contributed by atoms with Crippen LogP contribution in [0, 0.1) is 0 Å². The molecule has 0 bridgehead atoms. The Labute approximate surface area is 147 Å². The summed E-state index contributed by atoms with van der Waals surface area (Å²) in [6.07, 6.45) is 4.69. The minimum Gasteiger partial charge on any atom is -0.370 e. The lowest BCUT2D eigenvalue weighted by molar-refractivity contribution is 0.136. The number of guanidine groups is 1. The molecule has 3 N–H and O–H groups in total. The topological polar surface area (TPSA) is 56.9 Å². The number of nitrogens with one attached hydrogen (secondary N) is 1. The van der Waals surface area contributed by atoms with Crippen LogP contribution in [-0.2, 0) is 0 Å². The van der Waals surface area contributed by atoms with Crippen LogP contribution in [0.2, 0.25) is 0 Å². The quantitative estimate of drug-likeness (QED) is 0.263. The van der Waals surface area contributed by atoms with Crippen LogP contribution in [0.15, 0.2) is 4.99 Å². The van der Waals surface area contributed by atoms with Crippen molar-refractivity contribution < 1.29 is 0 Å². The van der Waals surface area contributed by atoms with Gasteiger partial charge in [0.05, 0.1) is 0 Å². The number of aliphatic imine (C=N–C) groups is 1. The van der Waals surface area contributed by atoms with E-state index in [2.05, 4.69) is 34.0 Å². The van der Waals surface area contributed by atoms with Crippen molar-refractivity contribution in [1.29, 1.82) is 0 Å². The van der Waals surface area contributed by atoms with Crippen LogP contribution in [-0.4, -0.2) is 68.1 Å². The first-order valence-electron chi connectivity index (χ1n) is 8.24. The number of hydrogen-bond acceptors (Lipinski definition) is 3. The van der Waals surface area contributed by atoms with Gasteiger partial charge in [0.2, 0.25) is 0 Å². The van der Waals surface area contributed by atoms with Crippen LogP contribution in [0.5, 0.6) is 0 Å². The Morgan fingerprint density at radius 2 is 1.71 bits per heavy atom. The largest absolute Gasteiger partial charge is 0.370 e. The predicted molar refractivity (Wildman–Crippen MR) is 103 cm³/mol. The maximum Gasteiger partial charge on any atom is 0.188 e. The highest BCUT2D eigenvalue weighted by atomic mass is 127. The first-order valence-corrected chi connectivity index (χ1v) is 8.24. The monoisotopic (exact) mass is 411 g/mol. The van der Waals surface area contributed by atoms with Gasteiger partial charge in [0.1, 0.15) is 0 Å². The summed E-state index contributed by atoms with van der Waals surface area (Å²) in [6.45, 7) is 13.5. The Bertz CT molecular complexity index is 265. The number of hydrogen-bond donors (Lipinski definition) is 2. The van der Waals surface area contributed by atoms with Gasteiger partial charge in [-0.25, -0.2) is 0 Å². The summed E-state index contributed by atoms with van der Waals surface area (Å²) in [5.74, 6) is 0.606. The highest BCUT2D eigenvalue weighted by Gasteiger charge is 2.14. The van der Waals surface area contributed by atoms with Crippen LogP contribution in [0.25, 0.3) is 0 Å². The Balaban J connectivity index is 0.00000400. The molecule has 1 aliphatic rings. The fraction of sp³-hybridized carbons (Fsp3) is 0.933. The Morgan fingerprint density at radius 1 is 1.05 bits per heavy atom. The van der Waals surface area contributed by atoms with E-state index in [9.17, 15) is 0 Å². The zero-order chi connectivity index (χ0) is 14.6. The summed E-state index contributed by atoms with van der Waals surface area (Å²) in [5, 5.41) is 3.15. The van der Waals surface area contributed by atoms with Crippen LogP contribution in [0.4, 0.5) is 0 Å². The summed E-state index contributed by atoms with van der Waals surface area (Å²) < 4.78 is 0. The van der Waals surface area contributed by atoms with Crippen molar-refractivity contribution in [2.75, 3.05) is 52.4 Å². The van der Waals surface area contributed by atoms with E-state index < -0.39 is 0 Å². The summed E-state index contributed by atoms with van der Waals surface area (Å²) >= 11 is 0. The van der Waals surface area contributed by atoms with E-state index >= 15 is 0 Å². The molecular weight excluding hydrogens is 377 g/mol. The molecule has 0 aromatic heterocycles. The third-order valence-corrected chi connectivity index (χ3v) is 3.91. The van der Waals surface area contributed by atoms with Crippen molar-refractivity contribution >= 4 is 29.9 Å². The fourth-order valence-corrected chi connectivity index (χ4v) is 2.42. The molecule has 0 amide bonds. The van der Waals surface area contributed by atoms with Crippen molar-refractivity contribution in [3.63, 3.8) is 0 Å². The summed E-state index contributed by atoms with van der Waals surface area (Å²) in [4.78, 5) is 9.45. The highest BCUT2D eigenvalue weighted by molar-refractivity contribution is 14.0. The first-order chi connectivity index (χ1) is 9.76. The first kappa shape index (κ1) is 20.9. The molecule has 126 valence electrons. The van der Waals surface area contributed by atoms with Crippen LogP contribution >= 0.6 is 24.0 Å². The SMILES string of the molecule is CCCCNC(N)=NCCCCN1CCN(CC)CC1.I. The molecule has 1 heterocycles. The predicted octanol–water partition coefficient (Wildman–Crippen LogP) is 1.73. The number of halogens is 1. The van der Waals surface area contributed by atoms with Gasteiger partial charge < -0.3 is 20.9 Å². The molecule has 0 aromatic rings. The van der Waals surface area contributed by atoms with Gasteiger partial charge in [0.15, 0.2) is 5.96 Å². The van der Waals surface area contributed by atoms with E-state index in [1.165, 1.54) is 52.1 Å². The molecule has 6 heteroatoms. The minimum absolute atomic E-state index is 0. The van der Waals surface area contributed by atoms with Gasteiger partial charge in [0, 0.05) is 39.3 Å². The number of nitrogens with two attached hydrogens (primary N) is 1. The number of nitrogens with zero attached hydrogens (tertiary/aromatic N) is 3. The molecule has 0 spiro atoms. The molecule has 0 radical (unpaired) electrons. The molecule has 1 saturated heterocycles. The standard InChI is InChI=1S/C15H33N5.HI/c1-3-5-8-17-15(16)18-9-6-7-10-20-13-11-19(4-2)12-14-20;/h3-14H2,1-2H3,(H3,16,17,18);1H. The summed E-state index contributed by atoms with van der Waals surface area (Å²) in [6, 6.07) is 0. The van der Waals surface area contributed by atoms with E-state index in [-0.39, 0.29) is 24.0 Å². The lowest BCUT2D eigenvalue weighted by Gasteiger charge is -2.33. The van der Waals surface area contributed by atoms with Gasteiger partial charge in [-0.05, 0) is 32.4 Å². The highest BCUT2D eigenvalue weighted by Crippen LogP contribution is 2.03. The molecule has 1 aliphatic heterocycles. The van der Waals surface area contributed by atoms with Crippen molar-refractivity contribution in [3.05, 3.63) is 0 Å². The normalized spacial score (nSPS) is 17.5. The molecule has 1 fully saturated rings. The molecule has 5 nitrogen and oxygen atoms in total. The maximum absolute atomic E-state index is 5.79. The molecular formula is C15H34IN5. The molecule has 0 atom stereocenters. The van der Waals surface area contributed by atoms with E-state index in [0.29, 0.717) is 5.96 Å². The fourth-order valence-electron chi connectivity index (χ4n) is 2.42. The number of likely N-dealkylation sites (N-methyl/N-ethyl adjacent to an activating group) is 1. The van der Waals surface area contributed by atoms with Gasteiger partial charge in [-0.2, -0.15) is 0 Å². The molecule has 1 rings (SSSR count). The minimum atomic E-state index is 0. The van der Waals surface area contributed by atoms with Crippen molar-refractivity contribution in [2.24, 2.45) is 10.7 Å². The molecule has 21 heavy (non-hydrogen) atoms. The van der Waals surface area contributed by atoms with E-state index in [1.807, 2.05) is 0 Å². The number of unbranched alkanes of at least 4 members (excludes halogenated alkanes) is 2. The zero-order valence-corrected chi connectivity index (χ0v) is 16.1. The molecule has 0 unspecified atom stereocenters. The smallest absolute Gasteiger partial charge is 0.188 e. The van der Waals surface area contributed by atoms with Crippen LogP contribution < -0.4 is 11.1 Å². The average Bonchev–Trinajstić information content (AvgIpc) is 2.48. The van der Waals surface area contributed by atoms with Gasteiger partial charge >= 0.3 is 0 Å². The second-order valence-corrected chi connectivity index (χ2v) is 5.53. The van der Waals surface area contributed by atoms with E-state index in [1.54, 1.807) is 0 Å². The second kappa shape index (κ2) is 13.6. The van der Waals surface area contributed by atoms with Crippen molar-refractivity contribution in [1.82, 2.24) is 15.1 Å².